The van der Waals surface area contributed by atoms with E-state index in [-0.39, 0.29) is 5.69 Å². The smallest absolute Gasteiger partial charge is 0.282 e. The minimum Gasteiger partial charge on any atom is -0.497 e. The molecule has 0 aliphatic carbocycles. The van der Waals surface area contributed by atoms with E-state index in [9.17, 15) is 12.8 Å². The van der Waals surface area contributed by atoms with Crippen LogP contribution in [0.1, 0.15) is 0 Å². The second kappa shape index (κ2) is 5.76. The van der Waals surface area contributed by atoms with Crippen LogP contribution in [0.15, 0.2) is 46.0 Å². The fraction of sp³-hybridized carbons (Fsp3) is 0.0833. The number of aromatic nitrogens is 1. The first-order valence-electron chi connectivity index (χ1n) is 5.40. The highest BCUT2D eigenvalue weighted by Crippen LogP contribution is 2.26. The molecular formula is C12H10BrFN2O3S. The fourth-order valence-corrected chi connectivity index (χ4v) is 3.03. The van der Waals surface area contributed by atoms with E-state index >= 15 is 0 Å². The van der Waals surface area contributed by atoms with E-state index < -0.39 is 20.9 Å². The number of nitrogens with one attached hydrogen (secondary N) is 1. The summed E-state index contributed by atoms with van der Waals surface area (Å²) in [5.74, 6) is -0.458. The maximum atomic E-state index is 13.5. The molecule has 0 bridgehead atoms. The first-order chi connectivity index (χ1) is 9.42. The Morgan fingerprint density at radius 2 is 2.10 bits per heavy atom. The van der Waals surface area contributed by atoms with Crippen LogP contribution in [-0.2, 0) is 10.0 Å². The molecule has 1 aromatic carbocycles. The number of pyridine rings is 1. The van der Waals surface area contributed by atoms with E-state index in [1.54, 1.807) is 6.07 Å². The zero-order valence-corrected chi connectivity index (χ0v) is 12.7. The van der Waals surface area contributed by atoms with Gasteiger partial charge in [-0.1, -0.05) is 15.9 Å². The standard InChI is InChI=1S/C12H10BrFN2O3S/c1-19-10-6-8(13)5-9(7-10)16-20(17,18)12-11(14)3-2-4-15-12/h2-7,16H,1H3. The second-order valence-electron chi connectivity index (χ2n) is 3.78. The third kappa shape index (κ3) is 3.26. The van der Waals surface area contributed by atoms with Gasteiger partial charge in [0.25, 0.3) is 10.0 Å². The van der Waals surface area contributed by atoms with E-state index in [0.29, 0.717) is 10.2 Å². The number of halogens is 2. The summed E-state index contributed by atoms with van der Waals surface area (Å²) < 4.78 is 45.5. The molecule has 2 aromatic rings. The predicted octanol–water partition coefficient (Wildman–Crippen LogP) is 2.79. The normalized spacial score (nSPS) is 11.2. The van der Waals surface area contributed by atoms with E-state index in [1.165, 1.54) is 31.5 Å². The first-order valence-corrected chi connectivity index (χ1v) is 7.68. The molecule has 0 unspecified atom stereocenters. The molecule has 1 N–H and O–H groups in total. The molecule has 5 nitrogen and oxygen atoms in total. The zero-order chi connectivity index (χ0) is 14.8. The lowest BCUT2D eigenvalue weighted by molar-refractivity contribution is 0.415. The van der Waals surface area contributed by atoms with Gasteiger partial charge in [0.05, 0.1) is 12.8 Å². The lowest BCUT2D eigenvalue weighted by Crippen LogP contribution is -2.16. The quantitative estimate of drug-likeness (QED) is 0.909. The molecule has 0 aliphatic rings. The van der Waals surface area contributed by atoms with Crippen LogP contribution in [0.4, 0.5) is 10.1 Å². The van der Waals surface area contributed by atoms with Gasteiger partial charge in [0, 0.05) is 16.7 Å². The maximum Gasteiger partial charge on any atom is 0.282 e. The Morgan fingerprint density at radius 3 is 2.75 bits per heavy atom. The highest BCUT2D eigenvalue weighted by molar-refractivity contribution is 9.10. The fourth-order valence-electron chi connectivity index (χ4n) is 1.51. The Morgan fingerprint density at radius 1 is 1.35 bits per heavy atom. The Bertz CT molecular complexity index is 737. The molecule has 0 aliphatic heterocycles. The molecule has 0 fully saturated rings. The van der Waals surface area contributed by atoms with Gasteiger partial charge in [0.15, 0.2) is 5.82 Å². The molecule has 106 valence electrons. The summed E-state index contributed by atoms with van der Waals surface area (Å²) in [5.41, 5.74) is 0.237. The monoisotopic (exact) mass is 360 g/mol. The van der Waals surface area contributed by atoms with Crippen LogP contribution in [-0.4, -0.2) is 20.5 Å². The van der Waals surface area contributed by atoms with Crippen molar-refractivity contribution in [3.8, 4) is 5.75 Å². The van der Waals surface area contributed by atoms with Crippen molar-refractivity contribution in [1.29, 1.82) is 0 Å². The van der Waals surface area contributed by atoms with Gasteiger partial charge in [-0.25, -0.2) is 9.37 Å². The van der Waals surface area contributed by atoms with Gasteiger partial charge in [0.2, 0.25) is 5.03 Å². The molecule has 0 radical (unpaired) electrons. The van der Waals surface area contributed by atoms with Gasteiger partial charge < -0.3 is 4.74 Å². The lowest BCUT2D eigenvalue weighted by Gasteiger charge is -2.10. The highest BCUT2D eigenvalue weighted by Gasteiger charge is 2.20. The van der Waals surface area contributed by atoms with Crippen molar-refractivity contribution in [1.82, 2.24) is 4.98 Å². The Kier molecular flexibility index (Phi) is 4.24. The number of anilines is 1. The molecule has 0 spiro atoms. The van der Waals surface area contributed by atoms with Crippen LogP contribution in [0.5, 0.6) is 5.75 Å². The average molecular weight is 361 g/mol. The van der Waals surface area contributed by atoms with Crippen LogP contribution in [0.3, 0.4) is 0 Å². The Hall–Kier alpha value is -1.67. The third-order valence-electron chi connectivity index (χ3n) is 2.34. The number of sulfonamides is 1. The molecule has 0 saturated carbocycles. The van der Waals surface area contributed by atoms with Crippen LogP contribution in [0.25, 0.3) is 0 Å². The minimum absolute atomic E-state index is 0.237. The van der Waals surface area contributed by atoms with Crippen molar-refractivity contribution in [3.05, 3.63) is 46.8 Å². The van der Waals surface area contributed by atoms with Gasteiger partial charge >= 0.3 is 0 Å². The van der Waals surface area contributed by atoms with Crippen molar-refractivity contribution >= 4 is 31.6 Å². The van der Waals surface area contributed by atoms with Gasteiger partial charge in [0.1, 0.15) is 5.75 Å². The number of rotatable bonds is 4. The molecule has 8 heteroatoms. The van der Waals surface area contributed by atoms with Crippen molar-refractivity contribution < 1.29 is 17.5 Å². The van der Waals surface area contributed by atoms with Crippen LogP contribution >= 0.6 is 15.9 Å². The molecule has 1 aromatic heterocycles. The number of hydrogen-bond acceptors (Lipinski definition) is 4. The van der Waals surface area contributed by atoms with Crippen LogP contribution in [0, 0.1) is 5.82 Å². The van der Waals surface area contributed by atoms with Crippen molar-refractivity contribution in [2.24, 2.45) is 0 Å². The molecular weight excluding hydrogens is 351 g/mol. The number of benzene rings is 1. The molecule has 0 saturated heterocycles. The average Bonchev–Trinajstić information content (AvgIpc) is 2.37. The molecule has 1 heterocycles. The van der Waals surface area contributed by atoms with Gasteiger partial charge in [-0.3, -0.25) is 4.72 Å². The molecule has 0 atom stereocenters. The first kappa shape index (κ1) is 14.7. The van der Waals surface area contributed by atoms with Gasteiger partial charge in [-0.05, 0) is 24.3 Å². The Balaban J connectivity index is 2.38. The summed E-state index contributed by atoms with van der Waals surface area (Å²) in [6.45, 7) is 0. The molecule has 20 heavy (non-hydrogen) atoms. The predicted molar refractivity (Wildman–Crippen MR) is 75.7 cm³/mol. The third-order valence-corrected chi connectivity index (χ3v) is 4.11. The summed E-state index contributed by atoms with van der Waals surface area (Å²) in [6, 6.07) is 7.02. The topological polar surface area (TPSA) is 68.3 Å². The minimum atomic E-state index is -4.10. The van der Waals surface area contributed by atoms with E-state index in [2.05, 4.69) is 25.6 Å². The van der Waals surface area contributed by atoms with E-state index in [1.807, 2.05) is 0 Å². The largest absolute Gasteiger partial charge is 0.497 e. The molecule has 0 amide bonds. The number of hydrogen-bond donors (Lipinski definition) is 1. The summed E-state index contributed by atoms with van der Waals surface area (Å²) in [6.07, 6.45) is 1.21. The second-order valence-corrected chi connectivity index (χ2v) is 6.29. The van der Waals surface area contributed by atoms with Gasteiger partial charge in [-0.15, -0.1) is 0 Å². The SMILES string of the molecule is COc1cc(Br)cc(NS(=O)(=O)c2ncccc2F)c1. The van der Waals surface area contributed by atoms with E-state index in [0.717, 1.165) is 6.07 Å². The maximum absolute atomic E-state index is 13.5. The molecule has 2 rings (SSSR count). The summed E-state index contributed by atoms with van der Waals surface area (Å²) in [4.78, 5) is 3.54. The van der Waals surface area contributed by atoms with Crippen LogP contribution in [0.2, 0.25) is 0 Å². The summed E-state index contributed by atoms with van der Waals surface area (Å²) in [7, 11) is -2.64. The Labute approximate surface area is 124 Å². The number of ether oxygens (including phenoxy) is 1. The van der Waals surface area contributed by atoms with Crippen LogP contribution < -0.4 is 9.46 Å². The van der Waals surface area contributed by atoms with E-state index in [4.69, 9.17) is 4.74 Å². The summed E-state index contributed by atoms with van der Waals surface area (Å²) in [5, 5.41) is -0.654. The zero-order valence-electron chi connectivity index (χ0n) is 10.3. The number of methoxy groups -OCH3 is 1. The summed E-state index contributed by atoms with van der Waals surface area (Å²) >= 11 is 3.23. The van der Waals surface area contributed by atoms with Gasteiger partial charge in [-0.2, -0.15) is 8.42 Å². The van der Waals surface area contributed by atoms with Crippen molar-refractivity contribution in [3.63, 3.8) is 0 Å². The number of nitrogens with zero attached hydrogens (tertiary/aromatic N) is 1. The lowest BCUT2D eigenvalue weighted by atomic mass is 10.3. The van der Waals surface area contributed by atoms with Crippen molar-refractivity contribution in [2.75, 3.05) is 11.8 Å². The van der Waals surface area contributed by atoms with Crippen molar-refractivity contribution in [2.45, 2.75) is 5.03 Å². The highest BCUT2D eigenvalue weighted by atomic mass is 79.9.